The molecule has 0 fully saturated rings. The summed E-state index contributed by atoms with van der Waals surface area (Å²) < 4.78 is 5.84. The van der Waals surface area contributed by atoms with E-state index in [4.69, 9.17) is 27.9 Å². The first kappa shape index (κ1) is 28.5. The van der Waals surface area contributed by atoms with E-state index in [0.717, 1.165) is 24.8 Å². The lowest BCUT2D eigenvalue weighted by Gasteiger charge is -2.32. The molecule has 3 aromatic rings. The summed E-state index contributed by atoms with van der Waals surface area (Å²) in [5.74, 6) is 0.0385. The van der Waals surface area contributed by atoms with Crippen LogP contribution < -0.4 is 10.1 Å². The van der Waals surface area contributed by atoms with E-state index in [-0.39, 0.29) is 25.0 Å². The highest BCUT2D eigenvalue weighted by atomic mass is 35.5. The molecule has 3 rings (SSSR count). The Bertz CT molecular complexity index is 1130. The summed E-state index contributed by atoms with van der Waals surface area (Å²) in [6.45, 7) is 4.54. The second-order valence-electron chi connectivity index (χ2n) is 8.86. The Balaban J connectivity index is 1.91. The summed E-state index contributed by atoms with van der Waals surface area (Å²) in [6.07, 6.45) is 3.06. The number of carbonyl (C=O) groups is 2. The van der Waals surface area contributed by atoms with Crippen molar-refractivity contribution in [3.05, 3.63) is 99.5 Å². The number of hydrogen-bond donors (Lipinski definition) is 1. The molecule has 0 heterocycles. The molecule has 0 aromatic heterocycles. The zero-order valence-electron chi connectivity index (χ0n) is 21.4. The van der Waals surface area contributed by atoms with Crippen LogP contribution in [0.4, 0.5) is 0 Å². The van der Waals surface area contributed by atoms with Crippen LogP contribution in [0.2, 0.25) is 10.0 Å². The molecule has 0 bridgehead atoms. The molecule has 3 aromatic carbocycles. The number of nitrogens with one attached hydrogen (secondary N) is 1. The van der Waals surface area contributed by atoms with E-state index in [2.05, 4.69) is 19.2 Å². The Morgan fingerprint density at radius 2 is 1.57 bits per heavy atom. The maximum Gasteiger partial charge on any atom is 0.261 e. The van der Waals surface area contributed by atoms with Crippen LogP contribution in [0.1, 0.15) is 43.4 Å². The SMILES string of the molecule is CCCCNC(=O)C(Cc1ccccc1)N(Cc1c(Cl)cccc1Cl)C(=O)COc1ccc(CC)cc1. The van der Waals surface area contributed by atoms with Gasteiger partial charge in [0.1, 0.15) is 11.8 Å². The predicted molar refractivity (Wildman–Crippen MR) is 150 cm³/mol. The quantitative estimate of drug-likeness (QED) is 0.252. The topological polar surface area (TPSA) is 58.6 Å². The Hall–Kier alpha value is -3.02. The first-order valence-electron chi connectivity index (χ1n) is 12.7. The smallest absolute Gasteiger partial charge is 0.261 e. The number of benzene rings is 3. The van der Waals surface area contributed by atoms with Crippen molar-refractivity contribution in [1.82, 2.24) is 10.2 Å². The molecule has 5 nitrogen and oxygen atoms in total. The summed E-state index contributed by atoms with van der Waals surface area (Å²) >= 11 is 12.9. The van der Waals surface area contributed by atoms with Gasteiger partial charge >= 0.3 is 0 Å². The number of aryl methyl sites for hydroxylation is 1. The molecule has 1 N–H and O–H groups in total. The molecule has 7 heteroatoms. The van der Waals surface area contributed by atoms with Gasteiger partial charge < -0.3 is 15.0 Å². The van der Waals surface area contributed by atoms with Crippen molar-refractivity contribution >= 4 is 35.0 Å². The van der Waals surface area contributed by atoms with Crippen LogP contribution >= 0.6 is 23.2 Å². The molecule has 0 saturated carbocycles. The van der Waals surface area contributed by atoms with Gasteiger partial charge in [0.15, 0.2) is 6.61 Å². The zero-order valence-corrected chi connectivity index (χ0v) is 22.9. The minimum Gasteiger partial charge on any atom is -0.484 e. The highest BCUT2D eigenvalue weighted by molar-refractivity contribution is 6.36. The van der Waals surface area contributed by atoms with E-state index in [1.54, 1.807) is 18.2 Å². The molecule has 0 saturated heterocycles. The fourth-order valence-corrected chi connectivity index (χ4v) is 4.48. The lowest BCUT2D eigenvalue weighted by Crippen LogP contribution is -2.52. The lowest BCUT2D eigenvalue weighted by molar-refractivity contribution is -0.142. The van der Waals surface area contributed by atoms with Gasteiger partial charge in [-0.3, -0.25) is 9.59 Å². The van der Waals surface area contributed by atoms with E-state index >= 15 is 0 Å². The molecular formula is C30H34Cl2N2O3. The van der Waals surface area contributed by atoms with Crippen LogP contribution in [0.25, 0.3) is 0 Å². The van der Waals surface area contributed by atoms with Gasteiger partial charge in [0.2, 0.25) is 5.91 Å². The van der Waals surface area contributed by atoms with Gasteiger partial charge in [-0.15, -0.1) is 0 Å². The van der Waals surface area contributed by atoms with Crippen molar-refractivity contribution in [1.29, 1.82) is 0 Å². The van der Waals surface area contributed by atoms with Gasteiger partial charge in [-0.05, 0) is 48.2 Å². The van der Waals surface area contributed by atoms with Crippen molar-refractivity contribution in [2.75, 3.05) is 13.2 Å². The summed E-state index contributed by atoms with van der Waals surface area (Å²) in [7, 11) is 0. The summed E-state index contributed by atoms with van der Waals surface area (Å²) in [5, 5.41) is 3.87. The van der Waals surface area contributed by atoms with Crippen LogP contribution in [-0.4, -0.2) is 35.9 Å². The van der Waals surface area contributed by atoms with Gasteiger partial charge in [0, 0.05) is 35.1 Å². The average Bonchev–Trinajstić information content (AvgIpc) is 2.91. The van der Waals surface area contributed by atoms with Crippen LogP contribution in [0.3, 0.4) is 0 Å². The Morgan fingerprint density at radius 1 is 0.892 bits per heavy atom. The Labute approximate surface area is 229 Å². The number of nitrogens with zero attached hydrogens (tertiary/aromatic N) is 1. The number of unbranched alkanes of at least 4 members (excludes halogenated alkanes) is 1. The van der Waals surface area contributed by atoms with Crippen molar-refractivity contribution in [3.63, 3.8) is 0 Å². The fourth-order valence-electron chi connectivity index (χ4n) is 3.96. The molecule has 0 aliphatic carbocycles. The molecule has 37 heavy (non-hydrogen) atoms. The molecular weight excluding hydrogens is 507 g/mol. The number of carbonyl (C=O) groups excluding carboxylic acids is 2. The highest BCUT2D eigenvalue weighted by Crippen LogP contribution is 2.27. The fraction of sp³-hybridized carbons (Fsp3) is 0.333. The average molecular weight is 542 g/mol. The summed E-state index contributed by atoms with van der Waals surface area (Å²) in [6, 6.07) is 21.7. The monoisotopic (exact) mass is 540 g/mol. The van der Waals surface area contributed by atoms with Crippen LogP contribution in [-0.2, 0) is 29.0 Å². The number of ether oxygens (including phenoxy) is 1. The number of hydrogen-bond acceptors (Lipinski definition) is 3. The molecule has 0 aliphatic heterocycles. The third-order valence-electron chi connectivity index (χ3n) is 6.18. The minimum atomic E-state index is -0.773. The largest absolute Gasteiger partial charge is 0.484 e. The normalized spacial score (nSPS) is 11.6. The highest BCUT2D eigenvalue weighted by Gasteiger charge is 2.31. The van der Waals surface area contributed by atoms with Gasteiger partial charge in [-0.2, -0.15) is 0 Å². The molecule has 0 radical (unpaired) electrons. The van der Waals surface area contributed by atoms with E-state index < -0.39 is 6.04 Å². The van der Waals surface area contributed by atoms with E-state index in [9.17, 15) is 9.59 Å². The van der Waals surface area contributed by atoms with Crippen molar-refractivity contribution in [3.8, 4) is 5.75 Å². The van der Waals surface area contributed by atoms with Crippen LogP contribution in [0, 0.1) is 0 Å². The summed E-state index contributed by atoms with van der Waals surface area (Å²) in [5.41, 5.74) is 2.71. The van der Waals surface area contributed by atoms with Crippen molar-refractivity contribution < 1.29 is 14.3 Å². The molecule has 1 atom stereocenters. The second-order valence-corrected chi connectivity index (χ2v) is 9.67. The molecule has 196 valence electrons. The van der Waals surface area contributed by atoms with Crippen LogP contribution in [0.5, 0.6) is 5.75 Å². The first-order chi connectivity index (χ1) is 17.9. The third kappa shape index (κ3) is 8.51. The van der Waals surface area contributed by atoms with E-state index in [1.165, 1.54) is 10.5 Å². The minimum absolute atomic E-state index is 0.0776. The van der Waals surface area contributed by atoms with Gasteiger partial charge in [-0.25, -0.2) is 0 Å². The maximum atomic E-state index is 13.7. The standard InChI is InChI=1S/C30H34Cl2N2O3/c1-3-5-18-33-30(36)28(19-23-10-7-6-8-11-23)34(20-25-26(31)12-9-13-27(25)32)29(35)21-37-24-16-14-22(4-2)15-17-24/h6-17,28H,3-5,18-21H2,1-2H3,(H,33,36). The molecule has 0 aliphatic rings. The van der Waals surface area contributed by atoms with Gasteiger partial charge in [-0.1, -0.05) is 92.0 Å². The zero-order chi connectivity index (χ0) is 26.6. The Kier molecular flexibility index (Phi) is 11.3. The first-order valence-corrected chi connectivity index (χ1v) is 13.4. The van der Waals surface area contributed by atoms with Crippen molar-refractivity contribution in [2.45, 2.75) is 52.1 Å². The van der Waals surface area contributed by atoms with Crippen LogP contribution in [0.15, 0.2) is 72.8 Å². The van der Waals surface area contributed by atoms with E-state index in [0.29, 0.717) is 34.3 Å². The molecule has 0 spiro atoms. The van der Waals surface area contributed by atoms with Crippen molar-refractivity contribution in [2.24, 2.45) is 0 Å². The lowest BCUT2D eigenvalue weighted by atomic mass is 10.0. The predicted octanol–water partition coefficient (Wildman–Crippen LogP) is 6.49. The summed E-state index contributed by atoms with van der Waals surface area (Å²) in [4.78, 5) is 28.7. The van der Waals surface area contributed by atoms with E-state index in [1.807, 2.05) is 54.6 Å². The Morgan fingerprint density at radius 3 is 2.19 bits per heavy atom. The number of amides is 2. The number of rotatable bonds is 13. The van der Waals surface area contributed by atoms with Gasteiger partial charge in [0.25, 0.3) is 5.91 Å². The molecule has 2 amide bonds. The molecule has 1 unspecified atom stereocenters. The van der Waals surface area contributed by atoms with Gasteiger partial charge in [0.05, 0.1) is 0 Å². The third-order valence-corrected chi connectivity index (χ3v) is 6.89. The second kappa shape index (κ2) is 14.7. The maximum absolute atomic E-state index is 13.7. The number of halogens is 2.